The van der Waals surface area contributed by atoms with E-state index in [1.165, 1.54) is 0 Å². The Balaban J connectivity index is 1.03. The Morgan fingerprint density at radius 1 is 0.391 bits per heavy atom. The van der Waals surface area contributed by atoms with Crippen molar-refractivity contribution >= 4 is 17.9 Å². The van der Waals surface area contributed by atoms with Gasteiger partial charge >= 0.3 is 0 Å². The molecule has 6 aromatic rings. The van der Waals surface area contributed by atoms with Gasteiger partial charge in [-0.05, 0) is 140 Å². The third-order valence-corrected chi connectivity index (χ3v) is 7.21. The maximum Gasteiger partial charge on any atom is 0.193 e. The zero-order valence-corrected chi connectivity index (χ0v) is 24.9. The van der Waals surface area contributed by atoms with Gasteiger partial charge in [0.05, 0.1) is 0 Å². The second-order valence-electron chi connectivity index (χ2n) is 10.6. The van der Waals surface area contributed by atoms with Crippen LogP contribution in [-0.4, -0.2) is 17.9 Å². The summed E-state index contributed by atoms with van der Waals surface area (Å²) >= 11 is 0. The number of hydrogen-bond donors (Lipinski definition) is 0. The summed E-state index contributed by atoms with van der Waals surface area (Å²) in [7, 11) is 0. The van der Waals surface area contributed by atoms with Gasteiger partial charge < -0.3 is 14.2 Å². The highest BCUT2D eigenvalue weighted by molar-refractivity contribution is 6.09. The molecule has 0 atom stereocenters. The van der Waals surface area contributed by atoms with Gasteiger partial charge in [-0.3, -0.25) is 14.4 Å². The fourth-order valence-electron chi connectivity index (χ4n) is 4.66. The molecule has 0 radical (unpaired) electrons. The Kier molecular flexibility index (Phi) is 8.79. The SMILES string of the molecule is Cc1ccc(Oc2ccc(C(=O)c3ccc(Oc4ccc(C(=O)c5ccc(Oc6ccc(C=O)cc6)cc5)cc4)cc3)cc2)cc1. The fourth-order valence-corrected chi connectivity index (χ4v) is 4.66. The molecule has 46 heavy (non-hydrogen) atoms. The summed E-state index contributed by atoms with van der Waals surface area (Å²) in [4.78, 5) is 36.9. The molecule has 0 saturated heterocycles. The van der Waals surface area contributed by atoms with Gasteiger partial charge in [0.1, 0.15) is 40.8 Å². The molecular formula is C40H28O6. The van der Waals surface area contributed by atoms with Crippen LogP contribution in [0.3, 0.4) is 0 Å². The summed E-state index contributed by atoms with van der Waals surface area (Å²) in [5, 5.41) is 0. The number of aldehydes is 1. The molecule has 0 heterocycles. The number of benzene rings is 6. The molecule has 0 amide bonds. The molecule has 0 unspecified atom stereocenters. The van der Waals surface area contributed by atoms with Crippen molar-refractivity contribution in [1.82, 2.24) is 0 Å². The van der Waals surface area contributed by atoms with Crippen molar-refractivity contribution in [2.75, 3.05) is 0 Å². The van der Waals surface area contributed by atoms with E-state index in [0.717, 1.165) is 17.6 Å². The summed E-state index contributed by atoms with van der Waals surface area (Å²) in [5.41, 5.74) is 3.85. The van der Waals surface area contributed by atoms with E-state index in [0.29, 0.717) is 56.6 Å². The molecule has 0 saturated carbocycles. The van der Waals surface area contributed by atoms with E-state index >= 15 is 0 Å². The molecule has 0 aliphatic carbocycles. The summed E-state index contributed by atoms with van der Waals surface area (Å²) in [5.74, 6) is 3.44. The number of hydrogen-bond acceptors (Lipinski definition) is 6. The average Bonchev–Trinajstić information content (AvgIpc) is 3.10. The van der Waals surface area contributed by atoms with Gasteiger partial charge in [-0.15, -0.1) is 0 Å². The second-order valence-corrected chi connectivity index (χ2v) is 10.6. The number of carbonyl (C=O) groups is 3. The van der Waals surface area contributed by atoms with Gasteiger partial charge in [-0.1, -0.05) is 17.7 Å². The van der Waals surface area contributed by atoms with Gasteiger partial charge in [0.15, 0.2) is 11.6 Å². The van der Waals surface area contributed by atoms with E-state index in [9.17, 15) is 14.4 Å². The molecule has 0 N–H and O–H groups in total. The number of aryl methyl sites for hydroxylation is 1. The van der Waals surface area contributed by atoms with Crippen molar-refractivity contribution in [1.29, 1.82) is 0 Å². The van der Waals surface area contributed by atoms with Crippen LogP contribution >= 0.6 is 0 Å². The lowest BCUT2D eigenvalue weighted by molar-refractivity contribution is 0.103. The highest BCUT2D eigenvalue weighted by Gasteiger charge is 2.12. The van der Waals surface area contributed by atoms with Crippen molar-refractivity contribution in [3.8, 4) is 34.5 Å². The molecule has 0 spiro atoms. The first-order valence-electron chi connectivity index (χ1n) is 14.6. The smallest absolute Gasteiger partial charge is 0.193 e. The maximum atomic E-state index is 13.0. The first kappa shape index (κ1) is 29.8. The van der Waals surface area contributed by atoms with Gasteiger partial charge in [0.2, 0.25) is 0 Å². The number of rotatable bonds is 11. The predicted molar refractivity (Wildman–Crippen MR) is 176 cm³/mol. The van der Waals surface area contributed by atoms with E-state index in [1.807, 2.05) is 31.2 Å². The minimum absolute atomic E-state index is 0.107. The van der Waals surface area contributed by atoms with Crippen LogP contribution in [0.2, 0.25) is 0 Å². The van der Waals surface area contributed by atoms with Crippen molar-refractivity contribution in [3.05, 3.63) is 179 Å². The molecule has 0 fully saturated rings. The molecule has 6 heteroatoms. The third kappa shape index (κ3) is 7.26. The second kappa shape index (κ2) is 13.6. The topological polar surface area (TPSA) is 78.9 Å². The average molecular weight is 605 g/mol. The normalized spacial score (nSPS) is 10.5. The van der Waals surface area contributed by atoms with Crippen LogP contribution in [0.25, 0.3) is 0 Å². The zero-order chi connectivity index (χ0) is 31.9. The third-order valence-electron chi connectivity index (χ3n) is 7.21. The molecular weight excluding hydrogens is 576 g/mol. The Labute approximate surface area is 266 Å². The van der Waals surface area contributed by atoms with Crippen LogP contribution in [0.15, 0.2) is 146 Å². The van der Waals surface area contributed by atoms with Crippen LogP contribution in [0.1, 0.15) is 47.8 Å². The Morgan fingerprint density at radius 2 is 0.630 bits per heavy atom. The first-order chi connectivity index (χ1) is 22.4. The number of ether oxygens (including phenoxy) is 3. The van der Waals surface area contributed by atoms with Crippen molar-refractivity contribution in [2.24, 2.45) is 0 Å². The number of carbonyl (C=O) groups excluding carboxylic acids is 3. The van der Waals surface area contributed by atoms with Crippen LogP contribution in [0.5, 0.6) is 34.5 Å². The maximum absolute atomic E-state index is 13.0. The predicted octanol–water partition coefficient (Wildman–Crippen LogP) is 9.65. The lowest BCUT2D eigenvalue weighted by atomic mass is 10.0. The Bertz CT molecular complexity index is 1960. The highest BCUT2D eigenvalue weighted by atomic mass is 16.5. The van der Waals surface area contributed by atoms with Gasteiger partial charge in [-0.25, -0.2) is 0 Å². The van der Waals surface area contributed by atoms with Gasteiger partial charge in [0, 0.05) is 27.8 Å². The molecule has 0 aliphatic heterocycles. The molecule has 0 bridgehead atoms. The van der Waals surface area contributed by atoms with E-state index in [4.69, 9.17) is 14.2 Å². The van der Waals surface area contributed by atoms with Crippen molar-refractivity contribution in [2.45, 2.75) is 6.92 Å². The van der Waals surface area contributed by atoms with Crippen LogP contribution in [0.4, 0.5) is 0 Å². The fraction of sp³-hybridized carbons (Fsp3) is 0.0250. The summed E-state index contributed by atoms with van der Waals surface area (Å²) in [6, 6.07) is 42.3. The Hall–Kier alpha value is -6.27. The first-order valence-corrected chi connectivity index (χ1v) is 14.6. The molecule has 0 aliphatic rings. The van der Waals surface area contributed by atoms with Gasteiger partial charge in [0.25, 0.3) is 0 Å². The molecule has 6 nitrogen and oxygen atoms in total. The molecule has 0 aromatic heterocycles. The number of ketones is 2. The quantitative estimate of drug-likeness (QED) is 0.108. The van der Waals surface area contributed by atoms with Crippen LogP contribution in [0, 0.1) is 6.92 Å². The minimum atomic E-state index is -0.133. The Morgan fingerprint density at radius 3 is 0.891 bits per heavy atom. The van der Waals surface area contributed by atoms with Crippen LogP contribution in [-0.2, 0) is 0 Å². The molecule has 224 valence electrons. The van der Waals surface area contributed by atoms with Gasteiger partial charge in [-0.2, -0.15) is 0 Å². The van der Waals surface area contributed by atoms with Crippen molar-refractivity contribution < 1.29 is 28.6 Å². The van der Waals surface area contributed by atoms with E-state index in [1.54, 1.807) is 121 Å². The summed E-state index contributed by atoms with van der Waals surface area (Å²) in [6.07, 6.45) is 0.773. The lowest BCUT2D eigenvalue weighted by Gasteiger charge is -2.09. The standard InChI is InChI=1S/C40H28O6/c1-27-2-14-33(15-3-27)44-35-18-6-29(7-19-35)39(42)31-10-22-37(23-11-31)46-38-24-12-32(13-25-38)40(43)30-8-20-36(21-9-30)45-34-16-4-28(26-41)5-17-34/h2-26H,1H3. The summed E-state index contributed by atoms with van der Waals surface area (Å²) < 4.78 is 17.6. The lowest BCUT2D eigenvalue weighted by Crippen LogP contribution is -2.01. The largest absolute Gasteiger partial charge is 0.457 e. The van der Waals surface area contributed by atoms with Crippen molar-refractivity contribution in [3.63, 3.8) is 0 Å². The molecule has 6 rings (SSSR count). The monoisotopic (exact) mass is 604 g/mol. The zero-order valence-electron chi connectivity index (χ0n) is 24.9. The van der Waals surface area contributed by atoms with E-state index in [2.05, 4.69) is 0 Å². The van der Waals surface area contributed by atoms with E-state index < -0.39 is 0 Å². The van der Waals surface area contributed by atoms with E-state index in [-0.39, 0.29) is 11.6 Å². The minimum Gasteiger partial charge on any atom is -0.457 e. The summed E-state index contributed by atoms with van der Waals surface area (Å²) in [6.45, 7) is 2.02. The molecule has 6 aromatic carbocycles. The highest BCUT2D eigenvalue weighted by Crippen LogP contribution is 2.27. The van der Waals surface area contributed by atoms with Crippen LogP contribution < -0.4 is 14.2 Å².